The number of anilines is 1. The van der Waals surface area contributed by atoms with E-state index in [1.165, 1.54) is 21.1 Å². The lowest BCUT2D eigenvalue weighted by Crippen LogP contribution is -2.31. The number of nitrogens with one attached hydrogen (secondary N) is 1. The fourth-order valence-electron chi connectivity index (χ4n) is 3.46. The number of fused-ring (bicyclic) bond motifs is 1. The van der Waals surface area contributed by atoms with Crippen molar-refractivity contribution in [3.8, 4) is 11.5 Å². The van der Waals surface area contributed by atoms with Crippen LogP contribution in [0.15, 0.2) is 47.3 Å². The van der Waals surface area contributed by atoms with E-state index in [-0.39, 0.29) is 18.7 Å². The average molecular weight is 441 g/mol. The molecule has 0 aliphatic rings. The van der Waals surface area contributed by atoms with Gasteiger partial charge in [0.2, 0.25) is 0 Å². The number of rotatable bonds is 9. The minimum Gasteiger partial charge on any atom is -0.493 e. The van der Waals surface area contributed by atoms with Gasteiger partial charge in [0, 0.05) is 24.8 Å². The molecule has 1 N–H and O–H groups in total. The first kappa shape index (κ1) is 22.9. The molecule has 0 bridgehead atoms. The van der Waals surface area contributed by atoms with E-state index < -0.39 is 18.0 Å². The minimum absolute atomic E-state index is 0.0361. The van der Waals surface area contributed by atoms with Gasteiger partial charge in [-0.1, -0.05) is 12.1 Å². The van der Waals surface area contributed by atoms with Crippen LogP contribution in [0.3, 0.4) is 0 Å². The van der Waals surface area contributed by atoms with Crippen LogP contribution in [0.25, 0.3) is 11.0 Å². The average Bonchev–Trinajstić information content (AvgIpc) is 3.07. The molecule has 170 valence electrons. The third kappa shape index (κ3) is 4.77. The number of amides is 1. The zero-order valence-corrected chi connectivity index (χ0v) is 18.6. The highest BCUT2D eigenvalue weighted by Gasteiger charge is 2.20. The van der Waals surface area contributed by atoms with Gasteiger partial charge in [-0.25, -0.2) is 4.79 Å². The second-order valence-electron chi connectivity index (χ2n) is 7.11. The fourth-order valence-corrected chi connectivity index (χ4v) is 3.46. The van der Waals surface area contributed by atoms with Crippen LogP contribution >= 0.6 is 0 Å². The molecule has 9 heteroatoms. The quantitative estimate of drug-likeness (QED) is 0.513. The van der Waals surface area contributed by atoms with E-state index in [4.69, 9.17) is 14.2 Å². The molecule has 1 amide bonds. The number of methoxy groups -OCH3 is 2. The summed E-state index contributed by atoms with van der Waals surface area (Å²) in [7, 11) is 3.02. The van der Waals surface area contributed by atoms with Gasteiger partial charge in [0.25, 0.3) is 5.91 Å². The van der Waals surface area contributed by atoms with Gasteiger partial charge in [0.15, 0.2) is 17.6 Å². The fraction of sp³-hybridized carbons (Fsp3) is 0.348. The van der Waals surface area contributed by atoms with Gasteiger partial charge in [-0.15, -0.1) is 0 Å². The maximum atomic E-state index is 12.7. The van der Waals surface area contributed by atoms with E-state index in [1.807, 2.05) is 31.2 Å². The zero-order chi connectivity index (χ0) is 23.3. The SMILES string of the molecule is CCn1c(=O)n(CCC(=O)OC(C)C(=O)Nc2ccc(OC)c(OC)c2)c2ccccc21. The number of esters is 1. The van der Waals surface area contributed by atoms with Crippen molar-refractivity contribution in [3.63, 3.8) is 0 Å². The summed E-state index contributed by atoms with van der Waals surface area (Å²) < 4.78 is 18.9. The predicted molar refractivity (Wildman–Crippen MR) is 120 cm³/mol. The highest BCUT2D eigenvalue weighted by atomic mass is 16.5. The number of aromatic nitrogens is 2. The van der Waals surface area contributed by atoms with E-state index in [9.17, 15) is 14.4 Å². The van der Waals surface area contributed by atoms with Crippen LogP contribution in [0.1, 0.15) is 20.3 Å². The lowest BCUT2D eigenvalue weighted by atomic mass is 10.2. The number of aryl methyl sites for hydroxylation is 2. The zero-order valence-electron chi connectivity index (χ0n) is 18.6. The van der Waals surface area contributed by atoms with Crippen LogP contribution in [0.2, 0.25) is 0 Å². The van der Waals surface area contributed by atoms with E-state index >= 15 is 0 Å². The van der Waals surface area contributed by atoms with Gasteiger partial charge in [-0.2, -0.15) is 0 Å². The number of benzene rings is 2. The molecule has 1 heterocycles. The summed E-state index contributed by atoms with van der Waals surface area (Å²) in [6.45, 7) is 4.08. The molecule has 3 rings (SSSR count). The topological polar surface area (TPSA) is 101 Å². The Hall–Kier alpha value is -3.75. The molecule has 1 atom stereocenters. The van der Waals surface area contributed by atoms with E-state index in [1.54, 1.807) is 27.3 Å². The summed E-state index contributed by atoms with van der Waals surface area (Å²) in [6, 6.07) is 12.4. The van der Waals surface area contributed by atoms with Gasteiger partial charge in [0.05, 0.1) is 31.7 Å². The molecule has 0 radical (unpaired) electrons. The monoisotopic (exact) mass is 441 g/mol. The van der Waals surface area contributed by atoms with Crippen molar-refractivity contribution in [2.45, 2.75) is 39.5 Å². The minimum atomic E-state index is -1.01. The summed E-state index contributed by atoms with van der Waals surface area (Å²) >= 11 is 0. The van der Waals surface area contributed by atoms with Gasteiger partial charge in [0.1, 0.15) is 0 Å². The first-order chi connectivity index (χ1) is 15.4. The molecule has 0 aliphatic heterocycles. The number of para-hydroxylation sites is 2. The van der Waals surface area contributed by atoms with Gasteiger partial charge < -0.3 is 19.5 Å². The van der Waals surface area contributed by atoms with Crippen LogP contribution in [0, 0.1) is 0 Å². The Morgan fingerprint density at radius 1 is 1.00 bits per heavy atom. The van der Waals surface area contributed by atoms with Crippen molar-refractivity contribution in [1.29, 1.82) is 0 Å². The number of ether oxygens (including phenoxy) is 3. The van der Waals surface area contributed by atoms with E-state index in [0.29, 0.717) is 23.7 Å². The number of carbonyl (C=O) groups is 2. The molecule has 0 saturated heterocycles. The molecule has 2 aromatic carbocycles. The molecular weight excluding hydrogens is 414 g/mol. The van der Waals surface area contributed by atoms with E-state index in [0.717, 1.165) is 11.0 Å². The summed E-state index contributed by atoms with van der Waals surface area (Å²) in [5, 5.41) is 2.68. The predicted octanol–water partition coefficient (Wildman–Crippen LogP) is 2.80. The standard InChI is InChI=1S/C23H27N3O6/c1-5-25-17-8-6-7-9-18(17)26(23(25)29)13-12-21(27)32-15(2)22(28)24-16-10-11-19(30-3)20(14-16)31-4/h6-11,14-15H,5,12-13H2,1-4H3,(H,24,28). The maximum absolute atomic E-state index is 12.7. The Bertz CT molecular complexity index is 1180. The first-order valence-corrected chi connectivity index (χ1v) is 10.3. The van der Waals surface area contributed by atoms with Crippen molar-refractivity contribution in [2.75, 3.05) is 19.5 Å². The van der Waals surface area contributed by atoms with Crippen LogP contribution in [0.5, 0.6) is 11.5 Å². The number of nitrogens with zero attached hydrogens (tertiary/aromatic N) is 2. The van der Waals surface area contributed by atoms with Crippen LogP contribution < -0.4 is 20.5 Å². The Kier molecular flexibility index (Phi) is 7.19. The van der Waals surface area contributed by atoms with Crippen molar-refractivity contribution >= 4 is 28.6 Å². The molecule has 0 spiro atoms. The Balaban J connectivity index is 1.61. The van der Waals surface area contributed by atoms with Crippen molar-refractivity contribution in [2.24, 2.45) is 0 Å². The lowest BCUT2D eigenvalue weighted by Gasteiger charge is -2.15. The second-order valence-corrected chi connectivity index (χ2v) is 7.11. The summed E-state index contributed by atoms with van der Waals surface area (Å²) in [5.41, 5.74) is 1.87. The normalized spacial score (nSPS) is 11.8. The highest BCUT2D eigenvalue weighted by Crippen LogP contribution is 2.29. The largest absolute Gasteiger partial charge is 0.493 e. The van der Waals surface area contributed by atoms with Crippen LogP contribution in [-0.2, 0) is 27.4 Å². The highest BCUT2D eigenvalue weighted by molar-refractivity contribution is 5.95. The maximum Gasteiger partial charge on any atom is 0.329 e. The molecule has 32 heavy (non-hydrogen) atoms. The third-order valence-electron chi connectivity index (χ3n) is 5.11. The molecule has 0 aliphatic carbocycles. The third-order valence-corrected chi connectivity index (χ3v) is 5.11. The second kappa shape index (κ2) is 10.0. The molecule has 3 aromatic rings. The van der Waals surface area contributed by atoms with E-state index in [2.05, 4.69) is 5.32 Å². The summed E-state index contributed by atoms with van der Waals surface area (Å²) in [4.78, 5) is 37.4. The first-order valence-electron chi connectivity index (χ1n) is 10.3. The number of imidazole rings is 1. The van der Waals surface area contributed by atoms with Crippen LogP contribution in [0.4, 0.5) is 5.69 Å². The Labute approximate surface area is 185 Å². The molecule has 0 fully saturated rings. The molecule has 1 unspecified atom stereocenters. The smallest absolute Gasteiger partial charge is 0.329 e. The number of hydrogen-bond donors (Lipinski definition) is 1. The van der Waals surface area contributed by atoms with Gasteiger partial charge in [-0.3, -0.25) is 18.7 Å². The lowest BCUT2D eigenvalue weighted by molar-refractivity contribution is -0.153. The molecule has 9 nitrogen and oxygen atoms in total. The molecular formula is C23H27N3O6. The van der Waals surface area contributed by atoms with Gasteiger partial charge >= 0.3 is 11.7 Å². The van der Waals surface area contributed by atoms with Gasteiger partial charge in [-0.05, 0) is 38.1 Å². The Morgan fingerprint density at radius 3 is 2.28 bits per heavy atom. The van der Waals surface area contributed by atoms with Crippen molar-refractivity contribution < 1.29 is 23.8 Å². The van der Waals surface area contributed by atoms with Crippen molar-refractivity contribution in [1.82, 2.24) is 9.13 Å². The summed E-state index contributed by atoms with van der Waals surface area (Å²) in [5.74, 6) is -0.0539. The summed E-state index contributed by atoms with van der Waals surface area (Å²) in [6.07, 6.45) is -1.05. The Morgan fingerprint density at radius 2 is 1.66 bits per heavy atom. The van der Waals surface area contributed by atoms with Crippen molar-refractivity contribution in [3.05, 3.63) is 52.9 Å². The number of hydrogen-bond acceptors (Lipinski definition) is 6. The number of carbonyl (C=O) groups excluding carboxylic acids is 2. The molecule has 1 aromatic heterocycles. The van der Waals surface area contributed by atoms with Crippen LogP contribution in [-0.4, -0.2) is 41.3 Å². The molecule has 0 saturated carbocycles.